The molecule has 0 unspecified atom stereocenters. The molecule has 0 N–H and O–H groups in total. The number of halogens is 1. The van der Waals surface area contributed by atoms with E-state index in [1.807, 2.05) is 6.92 Å². The Balaban J connectivity index is 2.57. The summed E-state index contributed by atoms with van der Waals surface area (Å²) in [7, 11) is 0. The molecule has 0 aromatic rings. The van der Waals surface area contributed by atoms with Crippen molar-refractivity contribution in [3.8, 4) is 0 Å². The second-order valence-corrected chi connectivity index (χ2v) is 3.50. The van der Waals surface area contributed by atoms with Gasteiger partial charge in [-0.3, -0.25) is 4.79 Å². The predicted octanol–water partition coefficient (Wildman–Crippen LogP) is 2.08. The van der Waals surface area contributed by atoms with E-state index < -0.39 is 0 Å². The monoisotopic (exact) mass is 226 g/mol. The second kappa shape index (κ2) is 2.59. The summed E-state index contributed by atoms with van der Waals surface area (Å²) in [5.74, 6) is 0.0829. The van der Waals surface area contributed by atoms with E-state index in [1.54, 1.807) is 12.2 Å². The van der Waals surface area contributed by atoms with Crippen LogP contribution < -0.4 is 0 Å². The highest BCUT2D eigenvalue weighted by Gasteiger charge is 2.24. The minimum Gasteiger partial charge on any atom is -0.481 e. The van der Waals surface area contributed by atoms with Gasteiger partial charge in [0.1, 0.15) is 6.61 Å². The van der Waals surface area contributed by atoms with E-state index in [9.17, 15) is 4.79 Å². The van der Waals surface area contributed by atoms with E-state index in [-0.39, 0.29) is 5.78 Å². The number of fused-ring (bicyclic) bond motifs is 1. The van der Waals surface area contributed by atoms with Crippen molar-refractivity contribution in [1.29, 1.82) is 0 Å². The SMILES string of the molecule is CC1=C2COC(Br)=C2C=CC1=O. The average Bonchev–Trinajstić information content (AvgIpc) is 2.41. The van der Waals surface area contributed by atoms with Gasteiger partial charge < -0.3 is 4.74 Å². The van der Waals surface area contributed by atoms with Crippen LogP contribution in [0.3, 0.4) is 0 Å². The molecule has 1 aliphatic carbocycles. The Labute approximate surface area is 78.7 Å². The Morgan fingerprint density at radius 1 is 1.50 bits per heavy atom. The molecule has 0 aromatic heterocycles. The topological polar surface area (TPSA) is 26.3 Å². The molecule has 62 valence electrons. The molecule has 1 aliphatic heterocycles. The summed E-state index contributed by atoms with van der Waals surface area (Å²) < 4.78 is 5.99. The molecule has 0 atom stereocenters. The van der Waals surface area contributed by atoms with Crippen LogP contribution in [-0.4, -0.2) is 12.4 Å². The van der Waals surface area contributed by atoms with E-state index in [2.05, 4.69) is 15.9 Å². The molecular formula is C9H7BrO2. The van der Waals surface area contributed by atoms with Crippen molar-refractivity contribution in [1.82, 2.24) is 0 Å². The maximum absolute atomic E-state index is 11.2. The summed E-state index contributed by atoms with van der Waals surface area (Å²) in [6, 6.07) is 0. The van der Waals surface area contributed by atoms with Gasteiger partial charge in [0.05, 0.1) is 0 Å². The minimum atomic E-state index is 0.0829. The lowest BCUT2D eigenvalue weighted by atomic mass is 9.95. The lowest BCUT2D eigenvalue weighted by Crippen LogP contribution is -2.05. The zero-order chi connectivity index (χ0) is 8.72. The molecule has 12 heavy (non-hydrogen) atoms. The Morgan fingerprint density at radius 3 is 3.00 bits per heavy atom. The highest BCUT2D eigenvalue weighted by atomic mass is 79.9. The number of ketones is 1. The van der Waals surface area contributed by atoms with Crippen molar-refractivity contribution in [2.45, 2.75) is 6.92 Å². The van der Waals surface area contributed by atoms with Crippen molar-refractivity contribution in [3.05, 3.63) is 33.5 Å². The largest absolute Gasteiger partial charge is 0.481 e. The van der Waals surface area contributed by atoms with Gasteiger partial charge in [-0.1, -0.05) is 0 Å². The van der Waals surface area contributed by atoms with Gasteiger partial charge in [-0.2, -0.15) is 0 Å². The molecule has 0 aromatic carbocycles. The molecule has 2 rings (SSSR count). The second-order valence-electron chi connectivity index (χ2n) is 2.78. The van der Waals surface area contributed by atoms with E-state index in [0.29, 0.717) is 6.61 Å². The first-order chi connectivity index (χ1) is 5.70. The summed E-state index contributed by atoms with van der Waals surface area (Å²) in [4.78, 5) is 11.2. The first kappa shape index (κ1) is 7.80. The number of allylic oxidation sites excluding steroid dienone is 3. The van der Waals surface area contributed by atoms with Crippen molar-refractivity contribution >= 4 is 21.7 Å². The number of carbonyl (C=O) groups is 1. The van der Waals surface area contributed by atoms with Crippen LogP contribution >= 0.6 is 15.9 Å². The molecule has 2 nitrogen and oxygen atoms in total. The summed E-state index contributed by atoms with van der Waals surface area (Å²) in [6.07, 6.45) is 3.37. The number of rotatable bonds is 0. The maximum atomic E-state index is 11.2. The third-order valence-corrected chi connectivity index (χ3v) is 2.76. The summed E-state index contributed by atoms with van der Waals surface area (Å²) in [6.45, 7) is 2.34. The van der Waals surface area contributed by atoms with Crippen LogP contribution in [0, 0.1) is 0 Å². The van der Waals surface area contributed by atoms with Gasteiger partial charge >= 0.3 is 0 Å². The van der Waals surface area contributed by atoms with Crippen molar-refractivity contribution in [2.24, 2.45) is 0 Å². The van der Waals surface area contributed by atoms with E-state index in [0.717, 1.165) is 21.4 Å². The summed E-state index contributed by atoms with van der Waals surface area (Å²) in [5.41, 5.74) is 2.81. The van der Waals surface area contributed by atoms with Gasteiger partial charge in [-0.25, -0.2) is 0 Å². The molecule has 0 fully saturated rings. The van der Waals surface area contributed by atoms with Gasteiger partial charge in [-0.15, -0.1) is 0 Å². The fourth-order valence-corrected chi connectivity index (χ4v) is 1.80. The van der Waals surface area contributed by atoms with Gasteiger partial charge in [0.2, 0.25) is 0 Å². The van der Waals surface area contributed by atoms with Gasteiger partial charge in [0.25, 0.3) is 0 Å². The number of hydrogen-bond donors (Lipinski definition) is 0. The lowest BCUT2D eigenvalue weighted by Gasteiger charge is -2.07. The number of carbonyl (C=O) groups excluding carboxylic acids is 1. The van der Waals surface area contributed by atoms with Crippen LogP contribution in [-0.2, 0) is 9.53 Å². The van der Waals surface area contributed by atoms with Crippen LogP contribution in [0.5, 0.6) is 0 Å². The average molecular weight is 227 g/mol. The standard InChI is InChI=1S/C9H7BrO2/c1-5-7-4-12-9(10)6(7)2-3-8(5)11/h2-3H,4H2,1H3. The predicted molar refractivity (Wildman–Crippen MR) is 48.8 cm³/mol. The fraction of sp³-hybridized carbons (Fsp3) is 0.222. The van der Waals surface area contributed by atoms with Crippen LogP contribution in [0.15, 0.2) is 33.5 Å². The molecular weight excluding hydrogens is 220 g/mol. The first-order valence-corrected chi connectivity index (χ1v) is 4.44. The van der Waals surface area contributed by atoms with Crippen molar-refractivity contribution in [2.75, 3.05) is 6.61 Å². The molecule has 0 saturated carbocycles. The lowest BCUT2D eigenvalue weighted by molar-refractivity contribution is -0.111. The smallest absolute Gasteiger partial charge is 0.181 e. The highest BCUT2D eigenvalue weighted by molar-refractivity contribution is 9.11. The van der Waals surface area contributed by atoms with E-state index in [4.69, 9.17) is 4.74 Å². The molecule has 0 bridgehead atoms. The molecule has 0 radical (unpaired) electrons. The Hall–Kier alpha value is -0.830. The molecule has 2 aliphatic rings. The van der Waals surface area contributed by atoms with Crippen molar-refractivity contribution < 1.29 is 9.53 Å². The summed E-state index contributed by atoms with van der Waals surface area (Å²) >= 11 is 3.29. The first-order valence-electron chi connectivity index (χ1n) is 3.65. The molecule has 0 saturated heterocycles. The maximum Gasteiger partial charge on any atom is 0.181 e. The van der Waals surface area contributed by atoms with Crippen LogP contribution in [0.1, 0.15) is 6.92 Å². The van der Waals surface area contributed by atoms with E-state index >= 15 is 0 Å². The third-order valence-electron chi connectivity index (χ3n) is 2.10. The zero-order valence-electron chi connectivity index (χ0n) is 6.56. The molecule has 1 heterocycles. The highest BCUT2D eigenvalue weighted by Crippen LogP contribution is 2.34. The number of ether oxygens (including phenoxy) is 1. The third kappa shape index (κ3) is 0.966. The minimum absolute atomic E-state index is 0.0829. The fourth-order valence-electron chi connectivity index (χ4n) is 1.32. The number of hydrogen-bond acceptors (Lipinski definition) is 2. The van der Waals surface area contributed by atoms with Gasteiger partial charge in [0.15, 0.2) is 10.5 Å². The van der Waals surface area contributed by atoms with E-state index in [1.165, 1.54) is 0 Å². The van der Waals surface area contributed by atoms with Crippen molar-refractivity contribution in [3.63, 3.8) is 0 Å². The van der Waals surface area contributed by atoms with Crippen LogP contribution in [0.25, 0.3) is 0 Å². The Morgan fingerprint density at radius 2 is 2.25 bits per heavy atom. The summed E-state index contributed by atoms with van der Waals surface area (Å²) in [5, 5.41) is 0. The molecule has 0 spiro atoms. The molecule has 0 amide bonds. The Bertz CT molecular complexity index is 348. The van der Waals surface area contributed by atoms with Crippen LogP contribution in [0.2, 0.25) is 0 Å². The normalized spacial score (nSPS) is 21.7. The Kier molecular flexibility index (Phi) is 1.68. The zero-order valence-corrected chi connectivity index (χ0v) is 8.14. The van der Waals surface area contributed by atoms with Gasteiger partial charge in [-0.05, 0) is 35.0 Å². The molecule has 3 heteroatoms. The van der Waals surface area contributed by atoms with Gasteiger partial charge in [0, 0.05) is 16.7 Å². The quantitative estimate of drug-likeness (QED) is 0.633. The van der Waals surface area contributed by atoms with Crippen LogP contribution in [0.4, 0.5) is 0 Å².